The number of carboxylic acid groups (broad SMARTS) is 1. The molecule has 1 atom stereocenters. The third kappa shape index (κ3) is 6.58. The van der Waals surface area contributed by atoms with E-state index in [0.29, 0.717) is 16.9 Å². The number of nitrogens with zero attached hydrogens (tertiary/aromatic N) is 5. The number of hydrogen-bond donors (Lipinski definition) is 5. The van der Waals surface area contributed by atoms with Crippen LogP contribution in [0.4, 0.5) is 33.5 Å². The van der Waals surface area contributed by atoms with Crippen molar-refractivity contribution in [3.63, 3.8) is 0 Å². The fraction of sp³-hybridized carbons (Fsp3) is 0.100. The minimum absolute atomic E-state index is 0.00142. The van der Waals surface area contributed by atoms with Crippen molar-refractivity contribution in [2.75, 3.05) is 28.3 Å². The van der Waals surface area contributed by atoms with Crippen LogP contribution in [-0.4, -0.2) is 43.2 Å². The number of nitrogen functional groups attached to an aromatic ring is 1. The molecule has 0 fully saturated rings. The summed E-state index contributed by atoms with van der Waals surface area (Å²) < 4.78 is 6.60. The Morgan fingerprint density at radius 1 is 1.11 bits per heavy atom. The number of urea groups is 1. The lowest BCUT2D eigenvalue weighted by Crippen LogP contribution is -2.28. The Balaban J connectivity index is 1.51. The Hall–Kier alpha value is -6.20. The molecule has 0 bridgehead atoms. The van der Waals surface area contributed by atoms with E-state index in [1.54, 1.807) is 67.6 Å². The molecule has 3 aromatic carbocycles. The minimum Gasteiger partial charge on any atom is -0.480 e. The smallest absolute Gasteiger partial charge is 0.341 e. The molecule has 2 heterocycles. The topological polar surface area (TPSA) is 191 Å². The number of carbonyl (C=O) groups excluding carboxylic acids is 1. The van der Waals surface area contributed by atoms with Gasteiger partial charge in [0.25, 0.3) is 11.2 Å². The van der Waals surface area contributed by atoms with Gasteiger partial charge in [0.2, 0.25) is 0 Å². The molecular formula is C30H24ClN9O5. The highest BCUT2D eigenvalue weighted by atomic mass is 35.5. The average molecular weight is 626 g/mol. The lowest BCUT2D eigenvalue weighted by atomic mass is 10.2. The van der Waals surface area contributed by atoms with Gasteiger partial charge in [-0.3, -0.25) is 9.36 Å². The number of carboxylic acids is 1. The van der Waals surface area contributed by atoms with Gasteiger partial charge in [0, 0.05) is 5.69 Å². The highest BCUT2D eigenvalue weighted by molar-refractivity contribution is 6.35. The van der Waals surface area contributed by atoms with Gasteiger partial charge in [-0.2, -0.15) is 0 Å². The summed E-state index contributed by atoms with van der Waals surface area (Å²) in [5.41, 5.74) is 6.71. The van der Waals surface area contributed by atoms with E-state index in [1.165, 1.54) is 17.0 Å². The number of para-hydroxylation sites is 2. The molecule has 0 spiro atoms. The molecule has 0 radical (unpaired) electrons. The molecule has 0 unspecified atom stereocenters. The number of carbonyl (C=O) groups is 2. The zero-order valence-electron chi connectivity index (χ0n) is 23.5. The van der Waals surface area contributed by atoms with E-state index in [4.69, 9.17) is 38.7 Å². The molecule has 0 aliphatic rings. The summed E-state index contributed by atoms with van der Waals surface area (Å²) in [6, 6.07) is 16.5. The van der Waals surface area contributed by atoms with Crippen molar-refractivity contribution in [1.29, 1.82) is 0 Å². The molecule has 0 saturated carbocycles. The van der Waals surface area contributed by atoms with Gasteiger partial charge in [-0.1, -0.05) is 35.9 Å². The molecule has 15 heteroatoms. The van der Waals surface area contributed by atoms with Crippen molar-refractivity contribution < 1.29 is 19.4 Å². The van der Waals surface area contributed by atoms with Crippen LogP contribution in [0.15, 0.2) is 77.9 Å². The van der Waals surface area contributed by atoms with Gasteiger partial charge in [-0.15, -0.1) is 0 Å². The largest absolute Gasteiger partial charge is 0.480 e. The predicted molar refractivity (Wildman–Crippen MR) is 169 cm³/mol. The summed E-state index contributed by atoms with van der Waals surface area (Å²) in [6.07, 6.45) is 1.22. The number of fused-ring (bicyclic) bond motifs is 1. The van der Waals surface area contributed by atoms with Gasteiger partial charge in [-0.05, 0) is 49.4 Å². The highest BCUT2D eigenvalue weighted by Crippen LogP contribution is 2.31. The maximum absolute atomic E-state index is 14.0. The first-order chi connectivity index (χ1) is 21.7. The summed E-state index contributed by atoms with van der Waals surface area (Å²) in [5, 5.41) is 17.8. The number of nitrogens with one attached hydrogen (secondary N) is 3. The van der Waals surface area contributed by atoms with Crippen LogP contribution >= 0.6 is 11.6 Å². The number of amides is 2. The Kier molecular flexibility index (Phi) is 8.73. The third-order valence-corrected chi connectivity index (χ3v) is 6.74. The van der Waals surface area contributed by atoms with Crippen LogP contribution in [0.25, 0.3) is 21.4 Å². The minimum atomic E-state index is -1.16. The summed E-state index contributed by atoms with van der Waals surface area (Å²) in [4.78, 5) is 54.0. The number of halogens is 1. The number of nitrogens with two attached hydrogens (primary N) is 1. The molecule has 2 aromatic heterocycles. The Morgan fingerprint density at radius 2 is 1.89 bits per heavy atom. The Labute approximate surface area is 260 Å². The first-order valence-electron chi connectivity index (χ1n) is 13.2. The number of hydrogen-bond acceptors (Lipinski definition) is 9. The fourth-order valence-electron chi connectivity index (χ4n) is 4.47. The summed E-state index contributed by atoms with van der Waals surface area (Å²) >= 11 is 6.43. The zero-order valence-corrected chi connectivity index (χ0v) is 24.2. The van der Waals surface area contributed by atoms with Crippen LogP contribution in [-0.2, 0) is 4.79 Å². The predicted octanol–water partition coefficient (Wildman–Crippen LogP) is 5.24. The molecule has 0 aliphatic heterocycles. The quantitative estimate of drug-likeness (QED) is 0.135. The van der Waals surface area contributed by atoms with Crippen molar-refractivity contribution in [3.8, 4) is 11.4 Å². The molecule has 6 N–H and O–H groups in total. The fourth-order valence-corrected chi connectivity index (χ4v) is 4.72. The Morgan fingerprint density at radius 3 is 2.67 bits per heavy atom. The van der Waals surface area contributed by atoms with E-state index in [-0.39, 0.29) is 45.0 Å². The number of aromatic nitrogens is 4. The highest BCUT2D eigenvalue weighted by Gasteiger charge is 2.22. The first kappa shape index (κ1) is 30.3. The SMILES string of the molecule is [C-]#[N+]c1c(N)ncnc1N[C@@H](C)c1nc2cccc(Cl)c2c(=O)n1-c1cccc(NC(=O)Nc2ccccc2OCC(=O)O)c1. The third-order valence-electron chi connectivity index (χ3n) is 6.42. The summed E-state index contributed by atoms with van der Waals surface area (Å²) in [6.45, 7) is 8.64. The molecule has 2 amide bonds. The van der Waals surface area contributed by atoms with E-state index < -0.39 is 30.2 Å². The van der Waals surface area contributed by atoms with E-state index in [1.807, 2.05) is 0 Å². The number of rotatable bonds is 9. The second-order valence-electron chi connectivity index (χ2n) is 9.49. The zero-order chi connectivity index (χ0) is 32.1. The number of aliphatic carboxylic acids is 1. The molecular weight excluding hydrogens is 602 g/mol. The van der Waals surface area contributed by atoms with E-state index in [9.17, 15) is 14.4 Å². The van der Waals surface area contributed by atoms with Gasteiger partial charge in [0.05, 0.1) is 39.9 Å². The maximum Gasteiger partial charge on any atom is 0.341 e. The molecule has 5 rings (SSSR count). The lowest BCUT2D eigenvalue weighted by Gasteiger charge is -2.21. The number of benzene rings is 3. The number of anilines is 4. The lowest BCUT2D eigenvalue weighted by molar-refractivity contribution is -0.139. The second kappa shape index (κ2) is 13.0. The van der Waals surface area contributed by atoms with Gasteiger partial charge in [0.15, 0.2) is 6.61 Å². The molecule has 14 nitrogen and oxygen atoms in total. The standard InChI is InChI=1S/C30H24ClN9O5/c1-16(36-27-25(33-2)26(32)34-15-35-27)28-38-21-11-6-9-19(31)24(21)29(43)40(28)18-8-5-7-17(13-18)37-30(44)39-20-10-3-4-12-22(20)45-14-23(41)42/h3-13,15-16H,14H2,1H3,(H,41,42)(H2,37,39,44)(H3,32,34,35,36)/t16-/m0/s1. The van der Waals surface area contributed by atoms with Gasteiger partial charge >= 0.3 is 12.0 Å². The second-order valence-corrected chi connectivity index (χ2v) is 9.89. The first-order valence-corrected chi connectivity index (χ1v) is 13.6. The monoisotopic (exact) mass is 625 g/mol. The van der Waals surface area contributed by atoms with Crippen molar-refractivity contribution in [2.45, 2.75) is 13.0 Å². The maximum atomic E-state index is 14.0. The van der Waals surface area contributed by atoms with E-state index in [2.05, 4.69) is 30.8 Å². The van der Waals surface area contributed by atoms with Gasteiger partial charge < -0.3 is 31.5 Å². The van der Waals surface area contributed by atoms with Crippen molar-refractivity contribution in [1.82, 2.24) is 19.5 Å². The van der Waals surface area contributed by atoms with Crippen LogP contribution in [0.1, 0.15) is 18.8 Å². The molecule has 226 valence electrons. The van der Waals surface area contributed by atoms with Crippen molar-refractivity contribution >= 4 is 63.2 Å². The van der Waals surface area contributed by atoms with Crippen LogP contribution in [0.5, 0.6) is 5.75 Å². The summed E-state index contributed by atoms with van der Waals surface area (Å²) in [7, 11) is 0. The number of ether oxygens (including phenoxy) is 1. The summed E-state index contributed by atoms with van der Waals surface area (Å²) in [5.74, 6) is -0.570. The van der Waals surface area contributed by atoms with Crippen LogP contribution < -0.4 is 32.0 Å². The van der Waals surface area contributed by atoms with E-state index in [0.717, 1.165) is 0 Å². The molecule has 0 aliphatic carbocycles. The van der Waals surface area contributed by atoms with Gasteiger partial charge in [-0.25, -0.2) is 29.4 Å². The molecule has 0 saturated heterocycles. The van der Waals surface area contributed by atoms with Crippen molar-refractivity contribution in [3.05, 3.63) is 106 Å². The van der Waals surface area contributed by atoms with Crippen LogP contribution in [0, 0.1) is 6.57 Å². The van der Waals surface area contributed by atoms with Crippen LogP contribution in [0.2, 0.25) is 5.02 Å². The Bertz CT molecular complexity index is 2040. The van der Waals surface area contributed by atoms with Crippen LogP contribution in [0.3, 0.4) is 0 Å². The van der Waals surface area contributed by atoms with Crippen molar-refractivity contribution in [2.24, 2.45) is 0 Å². The normalized spacial score (nSPS) is 11.3. The van der Waals surface area contributed by atoms with Gasteiger partial charge in [0.1, 0.15) is 29.5 Å². The average Bonchev–Trinajstić information content (AvgIpc) is 3.00. The molecule has 45 heavy (non-hydrogen) atoms. The van der Waals surface area contributed by atoms with E-state index >= 15 is 0 Å². The molecule has 5 aromatic rings.